The number of alkyl halides is 1. The molecule has 2 heterocycles. The van der Waals surface area contributed by atoms with Gasteiger partial charge < -0.3 is 19.1 Å². The number of nitrogens with zero attached hydrogens (tertiary/aromatic N) is 5. The van der Waals surface area contributed by atoms with E-state index in [1.807, 2.05) is 13.0 Å². The maximum atomic E-state index is 12.3. The number of aryl methyl sites for hydroxylation is 2. The number of unbranched alkanes of at least 4 members (excludes halogenated alkanes) is 1. The van der Waals surface area contributed by atoms with Crippen LogP contribution in [0.3, 0.4) is 0 Å². The molecule has 0 aliphatic heterocycles. The van der Waals surface area contributed by atoms with Gasteiger partial charge in [0, 0.05) is 20.6 Å². The highest BCUT2D eigenvalue weighted by Crippen LogP contribution is 2.31. The minimum Gasteiger partial charge on any atom is -0.489 e. The lowest BCUT2D eigenvalue weighted by atomic mass is 9.87. The molecule has 2 atom stereocenters. The average molecular weight is 492 g/mol. The summed E-state index contributed by atoms with van der Waals surface area (Å²) < 4.78 is 30.3. The summed E-state index contributed by atoms with van der Waals surface area (Å²) in [6.45, 7) is 1.84. The van der Waals surface area contributed by atoms with Crippen LogP contribution in [0.4, 0.5) is 9.18 Å². The van der Waals surface area contributed by atoms with Gasteiger partial charge in [-0.2, -0.15) is 0 Å². The van der Waals surface area contributed by atoms with Crippen molar-refractivity contribution >= 4 is 12.1 Å². The molecule has 1 aliphatic carbocycles. The fraction of sp³-hybridized carbons (Fsp3) is 0.625. The molecular weight excluding hydrogens is 457 g/mol. The van der Waals surface area contributed by atoms with E-state index < -0.39 is 12.8 Å². The molecule has 1 saturated carbocycles. The van der Waals surface area contributed by atoms with Gasteiger partial charge in [0.25, 0.3) is 0 Å². The quantitative estimate of drug-likeness (QED) is 0.366. The van der Waals surface area contributed by atoms with Crippen molar-refractivity contribution in [3.05, 3.63) is 23.5 Å². The molecule has 0 spiro atoms. The van der Waals surface area contributed by atoms with Gasteiger partial charge in [0.2, 0.25) is 0 Å². The molecule has 35 heavy (non-hydrogen) atoms. The van der Waals surface area contributed by atoms with Gasteiger partial charge in [0.15, 0.2) is 0 Å². The van der Waals surface area contributed by atoms with E-state index in [-0.39, 0.29) is 24.6 Å². The number of aromatic nitrogens is 4. The number of esters is 1. The van der Waals surface area contributed by atoms with Gasteiger partial charge in [-0.15, -0.1) is 5.10 Å². The van der Waals surface area contributed by atoms with E-state index >= 15 is 0 Å². The highest BCUT2D eigenvalue weighted by Gasteiger charge is 2.29. The summed E-state index contributed by atoms with van der Waals surface area (Å²) in [5, 5.41) is 8.27. The number of amides is 1. The zero-order valence-electron chi connectivity index (χ0n) is 20.8. The van der Waals surface area contributed by atoms with Gasteiger partial charge in [-0.05, 0) is 57.6 Å². The van der Waals surface area contributed by atoms with Gasteiger partial charge in [-0.1, -0.05) is 5.21 Å². The van der Waals surface area contributed by atoms with Crippen LogP contribution in [-0.4, -0.2) is 70.4 Å². The highest BCUT2D eigenvalue weighted by molar-refractivity contribution is 5.72. The van der Waals surface area contributed by atoms with Crippen molar-refractivity contribution in [1.82, 2.24) is 24.9 Å². The first-order valence-electron chi connectivity index (χ1n) is 11.9. The van der Waals surface area contributed by atoms with Crippen LogP contribution in [0.1, 0.15) is 49.9 Å². The first-order chi connectivity index (χ1) is 16.8. The second kappa shape index (κ2) is 12.5. The lowest BCUT2D eigenvalue weighted by molar-refractivity contribution is -0.147. The van der Waals surface area contributed by atoms with Crippen LogP contribution in [0.2, 0.25) is 0 Å². The molecule has 1 aliphatic rings. The van der Waals surface area contributed by atoms with Crippen molar-refractivity contribution in [1.29, 1.82) is 0 Å². The third kappa shape index (κ3) is 6.89. The van der Waals surface area contributed by atoms with Crippen LogP contribution in [0.25, 0.3) is 11.4 Å². The molecule has 0 aromatic carbocycles. The number of ether oxygens (including phenoxy) is 3. The molecule has 192 valence electrons. The Labute approximate surface area is 204 Å². The normalized spacial score (nSPS) is 17.6. The van der Waals surface area contributed by atoms with Gasteiger partial charge in [-0.3, -0.25) is 9.18 Å². The van der Waals surface area contributed by atoms with E-state index in [4.69, 9.17) is 14.2 Å². The van der Waals surface area contributed by atoms with Crippen molar-refractivity contribution < 1.29 is 28.2 Å². The Morgan fingerprint density at radius 3 is 2.77 bits per heavy atom. The Morgan fingerprint density at radius 2 is 2.06 bits per heavy atom. The number of halogens is 1. The van der Waals surface area contributed by atoms with Crippen molar-refractivity contribution in [2.24, 2.45) is 13.0 Å². The molecule has 0 N–H and O–H groups in total. The first-order valence-corrected chi connectivity index (χ1v) is 11.9. The Morgan fingerprint density at radius 1 is 1.26 bits per heavy atom. The van der Waals surface area contributed by atoms with Gasteiger partial charge in [0.05, 0.1) is 37.2 Å². The fourth-order valence-electron chi connectivity index (χ4n) is 4.13. The Balaban J connectivity index is 1.65. The van der Waals surface area contributed by atoms with Crippen molar-refractivity contribution in [2.75, 3.05) is 27.4 Å². The molecule has 2 aromatic rings. The zero-order chi connectivity index (χ0) is 25.4. The minimum atomic E-state index is -0.498. The maximum absolute atomic E-state index is 12.3. The third-order valence-corrected chi connectivity index (χ3v) is 6.20. The highest BCUT2D eigenvalue weighted by atomic mass is 19.1. The van der Waals surface area contributed by atoms with Crippen molar-refractivity contribution in [2.45, 2.75) is 58.2 Å². The van der Waals surface area contributed by atoms with Gasteiger partial charge in [0.1, 0.15) is 23.7 Å². The summed E-state index contributed by atoms with van der Waals surface area (Å²) in [6, 6.07) is 3.63. The van der Waals surface area contributed by atoms with Crippen LogP contribution < -0.4 is 4.74 Å². The minimum absolute atomic E-state index is 0.0267. The molecule has 10 nitrogen and oxygen atoms in total. The molecule has 1 fully saturated rings. The standard InChI is InChI=1S/C24H34FN5O5/c1-16-21(35-18-9-7-8-17(14-18)23(31)33-4)11-10-19(26-16)22-20(30(3)28-27-22)15-34-24(32)29(2)13-6-5-12-25/h10-11,17-18H,5-9,12-15H2,1-4H3/t17-,18+/m1/s1. The Bertz CT molecular complexity index is 1010. The summed E-state index contributed by atoms with van der Waals surface area (Å²) in [7, 11) is 4.75. The zero-order valence-corrected chi connectivity index (χ0v) is 20.8. The van der Waals surface area contributed by atoms with Gasteiger partial charge in [-0.25, -0.2) is 14.5 Å². The number of carbonyl (C=O) groups excluding carboxylic acids is 2. The largest absolute Gasteiger partial charge is 0.489 e. The van der Waals surface area contributed by atoms with Crippen LogP contribution in [0.15, 0.2) is 12.1 Å². The van der Waals surface area contributed by atoms with Crippen molar-refractivity contribution in [3.63, 3.8) is 0 Å². The van der Waals surface area contributed by atoms with Gasteiger partial charge >= 0.3 is 12.1 Å². The lowest BCUT2D eigenvalue weighted by Gasteiger charge is -2.28. The molecule has 1 amide bonds. The second-order valence-corrected chi connectivity index (χ2v) is 8.79. The van der Waals surface area contributed by atoms with E-state index in [0.29, 0.717) is 54.3 Å². The summed E-state index contributed by atoms with van der Waals surface area (Å²) in [5.41, 5.74) is 2.38. The molecule has 0 unspecified atom stereocenters. The van der Waals surface area contributed by atoms with Crippen molar-refractivity contribution in [3.8, 4) is 17.1 Å². The third-order valence-electron chi connectivity index (χ3n) is 6.20. The van der Waals surface area contributed by atoms with E-state index in [1.165, 1.54) is 12.0 Å². The fourth-order valence-corrected chi connectivity index (χ4v) is 4.13. The lowest BCUT2D eigenvalue weighted by Crippen LogP contribution is -2.30. The predicted molar refractivity (Wildman–Crippen MR) is 125 cm³/mol. The van der Waals surface area contributed by atoms with Crippen LogP contribution in [0, 0.1) is 12.8 Å². The summed E-state index contributed by atoms with van der Waals surface area (Å²) in [5.74, 6) is 0.320. The molecular formula is C24H34FN5O5. The molecule has 0 bridgehead atoms. The predicted octanol–water partition coefficient (Wildman–Crippen LogP) is 3.61. The topological polar surface area (TPSA) is 109 Å². The second-order valence-electron chi connectivity index (χ2n) is 8.79. The smallest absolute Gasteiger partial charge is 0.409 e. The number of pyridine rings is 1. The summed E-state index contributed by atoms with van der Waals surface area (Å²) >= 11 is 0. The number of hydrogen-bond donors (Lipinski definition) is 0. The Kier molecular flexibility index (Phi) is 9.39. The van der Waals surface area contributed by atoms with E-state index in [9.17, 15) is 14.0 Å². The van der Waals surface area contributed by atoms with Crippen LogP contribution in [0.5, 0.6) is 5.75 Å². The van der Waals surface area contributed by atoms with Crippen LogP contribution >= 0.6 is 0 Å². The van der Waals surface area contributed by atoms with E-state index in [2.05, 4.69) is 15.3 Å². The summed E-state index contributed by atoms with van der Waals surface area (Å²) in [6.07, 6.45) is 3.62. The molecule has 0 radical (unpaired) electrons. The van der Waals surface area contributed by atoms with E-state index in [0.717, 1.165) is 19.3 Å². The first kappa shape index (κ1) is 26.4. The van der Waals surface area contributed by atoms with E-state index in [1.54, 1.807) is 24.8 Å². The molecule has 2 aromatic heterocycles. The Hall–Kier alpha value is -3.24. The molecule has 0 saturated heterocycles. The molecule has 3 rings (SSSR count). The number of hydrogen-bond acceptors (Lipinski definition) is 8. The monoisotopic (exact) mass is 491 g/mol. The van der Waals surface area contributed by atoms with Crippen LogP contribution in [-0.2, 0) is 27.9 Å². The number of carbonyl (C=O) groups is 2. The maximum Gasteiger partial charge on any atom is 0.409 e. The average Bonchev–Trinajstić information content (AvgIpc) is 3.23. The molecule has 11 heteroatoms. The SMILES string of the molecule is COC(=O)[C@@H]1CCC[C@H](Oc2ccc(-c3nnn(C)c3COC(=O)N(C)CCCCF)nc2C)C1. The summed E-state index contributed by atoms with van der Waals surface area (Å²) in [4.78, 5) is 30.2. The number of methoxy groups -OCH3 is 1. The number of rotatable bonds is 10.